The molecule has 2 rings (SSSR count). The molecule has 0 radical (unpaired) electrons. The standard InChI is InChI=1S/C14H15NO2/c1-11(16)14-8-7-13(9-15-14)17-10-12-5-3-2-4-6-12/h2-9,11,16H,10H2,1H3/t11-/m1/s1. The zero-order chi connectivity index (χ0) is 12.1. The van der Waals surface area contributed by atoms with Gasteiger partial charge in [0.15, 0.2) is 0 Å². The second-order valence-electron chi connectivity index (χ2n) is 3.87. The first kappa shape index (κ1) is 11.6. The fourth-order valence-electron chi connectivity index (χ4n) is 1.47. The Bertz CT molecular complexity index is 451. The van der Waals surface area contributed by atoms with Gasteiger partial charge in [-0.05, 0) is 24.6 Å². The number of hydrogen-bond acceptors (Lipinski definition) is 3. The number of hydrogen-bond donors (Lipinski definition) is 1. The summed E-state index contributed by atoms with van der Waals surface area (Å²) in [5.74, 6) is 0.707. The van der Waals surface area contributed by atoms with Gasteiger partial charge < -0.3 is 9.84 Å². The van der Waals surface area contributed by atoms with Crippen LogP contribution in [0.25, 0.3) is 0 Å². The number of aliphatic hydroxyl groups excluding tert-OH is 1. The Morgan fingerprint density at radius 2 is 1.94 bits per heavy atom. The minimum absolute atomic E-state index is 0.524. The van der Waals surface area contributed by atoms with E-state index >= 15 is 0 Å². The molecule has 0 unspecified atom stereocenters. The Labute approximate surface area is 101 Å². The van der Waals surface area contributed by atoms with Crippen LogP contribution in [0.4, 0.5) is 0 Å². The van der Waals surface area contributed by atoms with Gasteiger partial charge in [0.25, 0.3) is 0 Å². The molecule has 0 saturated carbocycles. The summed E-state index contributed by atoms with van der Waals surface area (Å²) in [6.45, 7) is 2.21. The number of aromatic nitrogens is 1. The average Bonchev–Trinajstić information content (AvgIpc) is 2.38. The van der Waals surface area contributed by atoms with Crippen molar-refractivity contribution in [3.05, 3.63) is 59.9 Å². The molecule has 17 heavy (non-hydrogen) atoms. The molecule has 3 heteroatoms. The molecule has 0 amide bonds. The summed E-state index contributed by atoms with van der Waals surface area (Å²) >= 11 is 0. The van der Waals surface area contributed by atoms with Gasteiger partial charge in [-0.15, -0.1) is 0 Å². The SMILES string of the molecule is C[C@@H](O)c1ccc(OCc2ccccc2)cn1. The maximum Gasteiger partial charge on any atom is 0.138 e. The van der Waals surface area contributed by atoms with Crippen LogP contribution in [-0.4, -0.2) is 10.1 Å². The van der Waals surface area contributed by atoms with E-state index in [0.29, 0.717) is 18.1 Å². The van der Waals surface area contributed by atoms with Crippen molar-refractivity contribution in [3.63, 3.8) is 0 Å². The molecule has 1 heterocycles. The molecule has 0 spiro atoms. The van der Waals surface area contributed by atoms with Gasteiger partial charge in [0.1, 0.15) is 12.4 Å². The van der Waals surface area contributed by atoms with Crippen molar-refractivity contribution < 1.29 is 9.84 Å². The minimum atomic E-state index is -0.543. The molecule has 0 bridgehead atoms. The van der Waals surface area contributed by atoms with Crippen LogP contribution in [0.2, 0.25) is 0 Å². The first-order valence-corrected chi connectivity index (χ1v) is 5.56. The molecule has 3 nitrogen and oxygen atoms in total. The van der Waals surface area contributed by atoms with E-state index < -0.39 is 6.10 Å². The molecule has 1 atom stereocenters. The van der Waals surface area contributed by atoms with Crippen LogP contribution in [-0.2, 0) is 6.61 Å². The Morgan fingerprint density at radius 3 is 2.53 bits per heavy atom. The summed E-state index contributed by atoms with van der Waals surface area (Å²) in [6.07, 6.45) is 1.09. The third-order valence-corrected chi connectivity index (χ3v) is 2.44. The number of nitrogens with zero attached hydrogens (tertiary/aromatic N) is 1. The van der Waals surface area contributed by atoms with E-state index in [1.807, 2.05) is 36.4 Å². The van der Waals surface area contributed by atoms with Crippen LogP contribution >= 0.6 is 0 Å². The zero-order valence-electron chi connectivity index (χ0n) is 9.71. The monoisotopic (exact) mass is 229 g/mol. The van der Waals surface area contributed by atoms with Gasteiger partial charge in [-0.2, -0.15) is 0 Å². The van der Waals surface area contributed by atoms with E-state index in [1.165, 1.54) is 0 Å². The summed E-state index contributed by atoms with van der Waals surface area (Å²) in [7, 11) is 0. The lowest BCUT2D eigenvalue weighted by atomic mass is 10.2. The van der Waals surface area contributed by atoms with Gasteiger partial charge >= 0.3 is 0 Å². The zero-order valence-corrected chi connectivity index (χ0v) is 9.71. The van der Waals surface area contributed by atoms with Gasteiger partial charge in [0, 0.05) is 0 Å². The lowest BCUT2D eigenvalue weighted by molar-refractivity contribution is 0.194. The second-order valence-corrected chi connectivity index (χ2v) is 3.87. The van der Waals surface area contributed by atoms with Crippen molar-refractivity contribution in [2.24, 2.45) is 0 Å². The van der Waals surface area contributed by atoms with E-state index in [-0.39, 0.29) is 0 Å². The lowest BCUT2D eigenvalue weighted by Gasteiger charge is -2.07. The fourth-order valence-corrected chi connectivity index (χ4v) is 1.47. The number of benzene rings is 1. The number of rotatable bonds is 4. The lowest BCUT2D eigenvalue weighted by Crippen LogP contribution is -1.98. The molecule has 0 saturated heterocycles. The predicted molar refractivity (Wildman–Crippen MR) is 65.6 cm³/mol. The molecule has 0 aliphatic rings. The summed E-state index contributed by atoms with van der Waals surface area (Å²) in [5, 5.41) is 9.32. The van der Waals surface area contributed by atoms with Crippen LogP contribution in [0.5, 0.6) is 5.75 Å². The van der Waals surface area contributed by atoms with E-state index in [9.17, 15) is 5.11 Å². The Hall–Kier alpha value is -1.87. The van der Waals surface area contributed by atoms with Gasteiger partial charge in [0.05, 0.1) is 18.0 Å². The first-order valence-electron chi connectivity index (χ1n) is 5.56. The highest BCUT2D eigenvalue weighted by molar-refractivity contribution is 5.22. The van der Waals surface area contributed by atoms with Crippen LogP contribution < -0.4 is 4.74 Å². The van der Waals surface area contributed by atoms with Crippen LogP contribution in [0.3, 0.4) is 0 Å². The predicted octanol–water partition coefficient (Wildman–Crippen LogP) is 2.71. The van der Waals surface area contributed by atoms with Gasteiger partial charge in [-0.3, -0.25) is 4.98 Å². The highest BCUT2D eigenvalue weighted by Crippen LogP contribution is 2.15. The highest BCUT2D eigenvalue weighted by atomic mass is 16.5. The Kier molecular flexibility index (Phi) is 3.73. The van der Waals surface area contributed by atoms with E-state index in [0.717, 1.165) is 5.56 Å². The first-order chi connectivity index (χ1) is 8.25. The molecule has 1 aromatic carbocycles. The topological polar surface area (TPSA) is 42.4 Å². The minimum Gasteiger partial charge on any atom is -0.487 e. The van der Waals surface area contributed by atoms with E-state index in [4.69, 9.17) is 4.74 Å². The smallest absolute Gasteiger partial charge is 0.138 e. The Morgan fingerprint density at radius 1 is 1.18 bits per heavy atom. The average molecular weight is 229 g/mol. The number of pyridine rings is 1. The fraction of sp³-hybridized carbons (Fsp3) is 0.214. The normalized spacial score (nSPS) is 12.1. The maximum atomic E-state index is 9.32. The van der Waals surface area contributed by atoms with Crippen molar-refractivity contribution in [3.8, 4) is 5.75 Å². The maximum absolute atomic E-state index is 9.32. The van der Waals surface area contributed by atoms with Crippen LogP contribution in [0.15, 0.2) is 48.7 Å². The highest BCUT2D eigenvalue weighted by Gasteiger charge is 2.02. The van der Waals surface area contributed by atoms with Crippen molar-refractivity contribution in [1.82, 2.24) is 4.98 Å². The Balaban J connectivity index is 1.96. The largest absolute Gasteiger partial charge is 0.487 e. The van der Waals surface area contributed by atoms with Crippen LogP contribution in [0, 0.1) is 0 Å². The third-order valence-electron chi connectivity index (χ3n) is 2.44. The molecular formula is C14H15NO2. The van der Waals surface area contributed by atoms with Gasteiger partial charge in [-0.1, -0.05) is 30.3 Å². The van der Waals surface area contributed by atoms with Crippen LogP contribution in [0.1, 0.15) is 24.3 Å². The quantitative estimate of drug-likeness (QED) is 0.876. The van der Waals surface area contributed by atoms with Gasteiger partial charge in [-0.25, -0.2) is 0 Å². The summed E-state index contributed by atoms with van der Waals surface area (Å²) in [5.41, 5.74) is 1.77. The summed E-state index contributed by atoms with van der Waals surface area (Å²) < 4.78 is 5.58. The number of ether oxygens (including phenoxy) is 1. The van der Waals surface area contributed by atoms with Crippen molar-refractivity contribution in [2.75, 3.05) is 0 Å². The molecule has 0 aliphatic carbocycles. The third kappa shape index (κ3) is 3.29. The molecule has 2 aromatic rings. The number of aliphatic hydroxyl groups is 1. The van der Waals surface area contributed by atoms with E-state index in [1.54, 1.807) is 19.2 Å². The second kappa shape index (κ2) is 5.46. The van der Waals surface area contributed by atoms with Crippen molar-refractivity contribution in [2.45, 2.75) is 19.6 Å². The molecule has 0 aliphatic heterocycles. The molecular weight excluding hydrogens is 214 g/mol. The molecule has 88 valence electrons. The van der Waals surface area contributed by atoms with Crippen molar-refractivity contribution >= 4 is 0 Å². The summed E-state index contributed by atoms with van der Waals surface area (Å²) in [6, 6.07) is 13.5. The van der Waals surface area contributed by atoms with Gasteiger partial charge in [0.2, 0.25) is 0 Å². The summed E-state index contributed by atoms with van der Waals surface area (Å²) in [4.78, 5) is 4.12. The van der Waals surface area contributed by atoms with Crippen molar-refractivity contribution in [1.29, 1.82) is 0 Å². The van der Waals surface area contributed by atoms with E-state index in [2.05, 4.69) is 4.98 Å². The molecule has 1 N–H and O–H groups in total. The molecule has 1 aromatic heterocycles. The molecule has 0 fully saturated rings.